The van der Waals surface area contributed by atoms with Crippen molar-refractivity contribution >= 4 is 41.0 Å². The molecule has 1 atom stereocenters. The van der Waals surface area contributed by atoms with Gasteiger partial charge >= 0.3 is 5.97 Å². The van der Waals surface area contributed by atoms with Crippen LogP contribution in [0.1, 0.15) is 19.4 Å². The SMILES string of the molecule is CC(=O)NCCN(C(=O)Cc1c(Cl)cccc1Cl)C(C)C(=O)O. The number of halogens is 2. The van der Waals surface area contributed by atoms with Crippen LogP contribution in [-0.4, -0.2) is 46.9 Å². The van der Waals surface area contributed by atoms with Crippen LogP contribution in [0, 0.1) is 0 Å². The van der Waals surface area contributed by atoms with Crippen molar-refractivity contribution in [3.8, 4) is 0 Å². The molecule has 0 radical (unpaired) electrons. The Hall–Kier alpha value is -1.79. The van der Waals surface area contributed by atoms with Crippen LogP contribution in [-0.2, 0) is 20.8 Å². The normalized spacial score (nSPS) is 11.7. The molecule has 1 rings (SSSR count). The Morgan fingerprint density at radius 1 is 1.26 bits per heavy atom. The third-order valence-electron chi connectivity index (χ3n) is 3.26. The van der Waals surface area contributed by atoms with E-state index in [1.807, 2.05) is 0 Å². The number of aliphatic carboxylic acids is 1. The Balaban J connectivity index is 2.90. The number of carboxylic acids is 1. The smallest absolute Gasteiger partial charge is 0.326 e. The van der Waals surface area contributed by atoms with Crippen molar-refractivity contribution in [1.82, 2.24) is 10.2 Å². The van der Waals surface area contributed by atoms with E-state index in [2.05, 4.69) is 5.32 Å². The Kier molecular flexibility index (Phi) is 7.32. The van der Waals surface area contributed by atoms with E-state index >= 15 is 0 Å². The first-order valence-electron chi connectivity index (χ1n) is 6.93. The van der Waals surface area contributed by atoms with Gasteiger partial charge in [-0.2, -0.15) is 0 Å². The lowest BCUT2D eigenvalue weighted by Gasteiger charge is -2.27. The molecule has 2 amide bonds. The first-order valence-corrected chi connectivity index (χ1v) is 7.69. The molecule has 1 unspecified atom stereocenters. The van der Waals surface area contributed by atoms with E-state index in [0.717, 1.165) is 0 Å². The summed E-state index contributed by atoms with van der Waals surface area (Å²) in [6.07, 6.45) is -0.115. The maximum absolute atomic E-state index is 12.5. The fraction of sp³-hybridized carbons (Fsp3) is 0.400. The summed E-state index contributed by atoms with van der Waals surface area (Å²) in [6, 6.07) is 3.85. The molecule has 0 saturated carbocycles. The summed E-state index contributed by atoms with van der Waals surface area (Å²) >= 11 is 12.1. The Labute approximate surface area is 144 Å². The second-order valence-electron chi connectivity index (χ2n) is 4.96. The summed E-state index contributed by atoms with van der Waals surface area (Å²) in [4.78, 5) is 35.8. The molecule has 23 heavy (non-hydrogen) atoms. The molecule has 0 saturated heterocycles. The number of carboxylic acid groups (broad SMARTS) is 1. The Morgan fingerprint density at radius 2 is 1.83 bits per heavy atom. The third-order valence-corrected chi connectivity index (χ3v) is 3.97. The summed E-state index contributed by atoms with van der Waals surface area (Å²) < 4.78 is 0. The van der Waals surface area contributed by atoms with Gasteiger partial charge in [-0.25, -0.2) is 4.79 Å². The summed E-state index contributed by atoms with van der Waals surface area (Å²) in [6.45, 7) is 2.99. The minimum absolute atomic E-state index is 0.0773. The number of nitrogens with zero attached hydrogens (tertiary/aromatic N) is 1. The molecule has 0 aliphatic rings. The lowest BCUT2D eigenvalue weighted by Crippen LogP contribution is -2.47. The van der Waals surface area contributed by atoms with E-state index in [1.165, 1.54) is 18.7 Å². The molecule has 8 heteroatoms. The fourth-order valence-electron chi connectivity index (χ4n) is 1.97. The number of carbonyl (C=O) groups excluding carboxylic acids is 2. The monoisotopic (exact) mass is 360 g/mol. The zero-order valence-electron chi connectivity index (χ0n) is 12.8. The number of benzene rings is 1. The fourth-order valence-corrected chi connectivity index (χ4v) is 2.51. The van der Waals surface area contributed by atoms with Gasteiger partial charge in [0.2, 0.25) is 11.8 Å². The highest BCUT2D eigenvalue weighted by Gasteiger charge is 2.26. The molecule has 1 aromatic carbocycles. The Bertz CT molecular complexity index is 587. The zero-order valence-corrected chi connectivity index (χ0v) is 14.3. The minimum Gasteiger partial charge on any atom is -0.480 e. The average molecular weight is 361 g/mol. The van der Waals surface area contributed by atoms with Gasteiger partial charge in [0.1, 0.15) is 6.04 Å². The number of carbonyl (C=O) groups is 3. The summed E-state index contributed by atoms with van der Waals surface area (Å²) in [7, 11) is 0. The predicted molar refractivity (Wildman–Crippen MR) is 87.7 cm³/mol. The van der Waals surface area contributed by atoms with Crippen LogP contribution in [0.25, 0.3) is 0 Å². The molecule has 6 nitrogen and oxygen atoms in total. The first kappa shape index (κ1) is 19.3. The van der Waals surface area contributed by atoms with Crippen molar-refractivity contribution in [1.29, 1.82) is 0 Å². The predicted octanol–water partition coefficient (Wildman–Crippen LogP) is 1.97. The van der Waals surface area contributed by atoms with Crippen LogP contribution in [0.4, 0.5) is 0 Å². The van der Waals surface area contributed by atoms with Crippen LogP contribution < -0.4 is 5.32 Å². The van der Waals surface area contributed by atoms with Crippen LogP contribution in [0.2, 0.25) is 10.0 Å². The van der Waals surface area contributed by atoms with Gasteiger partial charge in [-0.3, -0.25) is 9.59 Å². The van der Waals surface area contributed by atoms with Gasteiger partial charge in [-0.1, -0.05) is 29.3 Å². The van der Waals surface area contributed by atoms with Crippen molar-refractivity contribution in [3.05, 3.63) is 33.8 Å². The third kappa shape index (κ3) is 5.73. The molecule has 1 aromatic rings. The first-order chi connectivity index (χ1) is 10.7. The van der Waals surface area contributed by atoms with Crippen LogP contribution in [0.15, 0.2) is 18.2 Å². The standard InChI is InChI=1S/C15H18Cl2N2O4/c1-9(15(22)23)19(7-6-18-10(2)20)14(21)8-11-12(16)4-3-5-13(11)17/h3-5,9H,6-8H2,1-2H3,(H,18,20)(H,22,23). The van der Waals surface area contributed by atoms with Gasteiger partial charge in [0.15, 0.2) is 0 Å². The van der Waals surface area contributed by atoms with Crippen molar-refractivity contribution in [2.45, 2.75) is 26.3 Å². The highest BCUT2D eigenvalue weighted by atomic mass is 35.5. The van der Waals surface area contributed by atoms with Crippen LogP contribution in [0.3, 0.4) is 0 Å². The van der Waals surface area contributed by atoms with E-state index in [0.29, 0.717) is 15.6 Å². The lowest BCUT2D eigenvalue weighted by molar-refractivity contribution is -0.149. The molecule has 0 aliphatic heterocycles. The topological polar surface area (TPSA) is 86.7 Å². The number of amides is 2. The average Bonchev–Trinajstić information content (AvgIpc) is 2.46. The van der Waals surface area contributed by atoms with Crippen molar-refractivity contribution < 1.29 is 19.5 Å². The largest absolute Gasteiger partial charge is 0.480 e. The van der Waals surface area contributed by atoms with Gasteiger partial charge in [-0.15, -0.1) is 0 Å². The highest BCUT2D eigenvalue weighted by molar-refractivity contribution is 6.36. The number of rotatable bonds is 7. The van der Waals surface area contributed by atoms with Gasteiger partial charge in [0.05, 0.1) is 6.42 Å². The van der Waals surface area contributed by atoms with Gasteiger partial charge in [-0.05, 0) is 24.6 Å². The molecule has 0 heterocycles. The molecule has 2 N–H and O–H groups in total. The van der Waals surface area contributed by atoms with Crippen molar-refractivity contribution in [2.24, 2.45) is 0 Å². The summed E-state index contributed by atoms with van der Waals surface area (Å²) in [5, 5.41) is 12.4. The number of hydrogen-bond donors (Lipinski definition) is 2. The molecule has 0 aromatic heterocycles. The maximum atomic E-state index is 12.5. The minimum atomic E-state index is -1.13. The van der Waals surface area contributed by atoms with E-state index in [9.17, 15) is 14.4 Å². The van der Waals surface area contributed by atoms with E-state index in [4.69, 9.17) is 28.3 Å². The van der Waals surface area contributed by atoms with Gasteiger partial charge < -0.3 is 15.3 Å². The lowest BCUT2D eigenvalue weighted by atomic mass is 10.1. The van der Waals surface area contributed by atoms with Crippen molar-refractivity contribution in [2.75, 3.05) is 13.1 Å². The molecular weight excluding hydrogens is 343 g/mol. The quantitative estimate of drug-likeness (QED) is 0.778. The van der Waals surface area contributed by atoms with E-state index in [-0.39, 0.29) is 25.4 Å². The highest BCUT2D eigenvalue weighted by Crippen LogP contribution is 2.25. The molecular formula is C15H18Cl2N2O4. The number of nitrogens with one attached hydrogen (secondary N) is 1. The van der Waals surface area contributed by atoms with E-state index in [1.54, 1.807) is 18.2 Å². The molecule has 0 aliphatic carbocycles. The second kappa shape index (κ2) is 8.74. The Morgan fingerprint density at radius 3 is 2.30 bits per heavy atom. The van der Waals surface area contributed by atoms with E-state index < -0.39 is 17.9 Å². The van der Waals surface area contributed by atoms with Crippen LogP contribution >= 0.6 is 23.2 Å². The molecule has 126 valence electrons. The summed E-state index contributed by atoms with van der Waals surface area (Å²) in [5.41, 5.74) is 0.447. The van der Waals surface area contributed by atoms with Gasteiger partial charge in [0.25, 0.3) is 0 Å². The summed E-state index contributed by atoms with van der Waals surface area (Å²) in [5.74, 6) is -1.82. The number of hydrogen-bond acceptors (Lipinski definition) is 3. The van der Waals surface area contributed by atoms with Crippen LogP contribution in [0.5, 0.6) is 0 Å². The molecule has 0 bridgehead atoms. The maximum Gasteiger partial charge on any atom is 0.326 e. The molecule has 0 fully saturated rings. The zero-order chi connectivity index (χ0) is 17.6. The molecule has 0 spiro atoms. The second-order valence-corrected chi connectivity index (χ2v) is 5.78. The van der Waals surface area contributed by atoms with Gasteiger partial charge in [0, 0.05) is 30.1 Å². The van der Waals surface area contributed by atoms with Crippen molar-refractivity contribution in [3.63, 3.8) is 0 Å².